The Kier molecular flexibility index (Phi) is 6.02. The number of hydrogen-bond acceptors (Lipinski definition) is 3. The molecule has 0 bridgehead atoms. The predicted molar refractivity (Wildman–Crippen MR) is 72.3 cm³/mol. The Morgan fingerprint density at radius 2 is 1.74 bits per heavy atom. The van der Waals surface area contributed by atoms with Crippen molar-refractivity contribution in [1.29, 1.82) is 0 Å². The molecule has 19 heavy (non-hydrogen) atoms. The highest BCUT2D eigenvalue weighted by atomic mass is 16.3. The maximum absolute atomic E-state index is 11.7. The Bertz CT molecular complexity index is 416. The summed E-state index contributed by atoms with van der Waals surface area (Å²) in [4.78, 5) is 23.3. The third-order valence-electron chi connectivity index (χ3n) is 2.90. The number of aliphatic hydroxyl groups excluding tert-OH is 1. The molecule has 0 radical (unpaired) electrons. The van der Waals surface area contributed by atoms with Gasteiger partial charge in [0.05, 0.1) is 18.7 Å². The maximum atomic E-state index is 11.7. The van der Waals surface area contributed by atoms with E-state index in [1.54, 1.807) is 0 Å². The van der Waals surface area contributed by atoms with Crippen molar-refractivity contribution in [2.45, 2.75) is 32.4 Å². The number of carbonyl (C=O) groups is 2. The standard InChI is InChI=1S/C14H20N2O3/c1-3-12(9-17)16-14(19)13(18)15-10(2)11-7-5-4-6-8-11/h4-8,10,12,17H,3,9H2,1-2H3,(H,15,18)(H,16,19)/t10-,12-/m1/s1. The first-order valence-electron chi connectivity index (χ1n) is 6.35. The first kappa shape index (κ1) is 15.2. The molecule has 104 valence electrons. The predicted octanol–water partition coefficient (Wildman–Crippen LogP) is 0.751. The van der Waals surface area contributed by atoms with Crippen LogP contribution in [0.15, 0.2) is 30.3 Å². The van der Waals surface area contributed by atoms with Gasteiger partial charge in [-0.1, -0.05) is 37.3 Å². The van der Waals surface area contributed by atoms with Crippen LogP contribution in [-0.4, -0.2) is 29.6 Å². The van der Waals surface area contributed by atoms with Gasteiger partial charge in [-0.15, -0.1) is 0 Å². The van der Waals surface area contributed by atoms with Crippen molar-refractivity contribution in [3.63, 3.8) is 0 Å². The molecule has 2 atom stereocenters. The molecule has 0 saturated heterocycles. The summed E-state index contributed by atoms with van der Waals surface area (Å²) in [6.45, 7) is 3.46. The summed E-state index contributed by atoms with van der Waals surface area (Å²) in [5.74, 6) is -1.41. The Labute approximate surface area is 113 Å². The summed E-state index contributed by atoms with van der Waals surface area (Å²) >= 11 is 0. The number of hydrogen-bond donors (Lipinski definition) is 3. The van der Waals surface area contributed by atoms with Gasteiger partial charge < -0.3 is 15.7 Å². The van der Waals surface area contributed by atoms with Gasteiger partial charge in [0.25, 0.3) is 0 Å². The molecule has 5 nitrogen and oxygen atoms in total. The van der Waals surface area contributed by atoms with E-state index in [4.69, 9.17) is 5.11 Å². The van der Waals surface area contributed by atoms with E-state index in [-0.39, 0.29) is 18.7 Å². The van der Waals surface area contributed by atoms with Gasteiger partial charge in [-0.05, 0) is 18.9 Å². The van der Waals surface area contributed by atoms with Crippen molar-refractivity contribution in [3.05, 3.63) is 35.9 Å². The Morgan fingerprint density at radius 1 is 1.16 bits per heavy atom. The van der Waals surface area contributed by atoms with Crippen LogP contribution < -0.4 is 10.6 Å². The van der Waals surface area contributed by atoms with Crippen molar-refractivity contribution in [1.82, 2.24) is 10.6 Å². The molecule has 1 aromatic rings. The Morgan fingerprint density at radius 3 is 2.26 bits per heavy atom. The number of carbonyl (C=O) groups excluding carboxylic acids is 2. The van der Waals surface area contributed by atoms with Gasteiger partial charge in [-0.25, -0.2) is 0 Å². The smallest absolute Gasteiger partial charge is 0.309 e. The summed E-state index contributed by atoms with van der Waals surface area (Å²) in [6, 6.07) is 8.77. The van der Waals surface area contributed by atoms with Crippen LogP contribution in [0.1, 0.15) is 31.9 Å². The molecule has 1 rings (SSSR count). The molecule has 0 aliphatic heterocycles. The quantitative estimate of drug-likeness (QED) is 0.687. The molecule has 0 fully saturated rings. The minimum atomic E-state index is -0.719. The number of nitrogens with one attached hydrogen (secondary N) is 2. The molecule has 5 heteroatoms. The highest BCUT2D eigenvalue weighted by Crippen LogP contribution is 2.10. The zero-order valence-electron chi connectivity index (χ0n) is 11.2. The van der Waals surface area contributed by atoms with E-state index in [0.29, 0.717) is 6.42 Å². The fourth-order valence-corrected chi connectivity index (χ4v) is 1.61. The third-order valence-corrected chi connectivity index (χ3v) is 2.90. The van der Waals surface area contributed by atoms with Crippen LogP contribution >= 0.6 is 0 Å². The summed E-state index contributed by atoms with van der Waals surface area (Å²) in [5.41, 5.74) is 0.929. The highest BCUT2D eigenvalue weighted by Gasteiger charge is 2.19. The van der Waals surface area contributed by atoms with Crippen molar-refractivity contribution in [2.24, 2.45) is 0 Å². The lowest BCUT2D eigenvalue weighted by atomic mass is 10.1. The minimum absolute atomic E-state index is 0.177. The van der Waals surface area contributed by atoms with Crippen molar-refractivity contribution in [2.75, 3.05) is 6.61 Å². The molecule has 2 amide bonds. The van der Waals surface area contributed by atoms with E-state index in [0.717, 1.165) is 5.56 Å². The second-order valence-corrected chi connectivity index (χ2v) is 4.37. The van der Waals surface area contributed by atoms with Crippen LogP contribution in [-0.2, 0) is 9.59 Å². The van der Waals surface area contributed by atoms with Gasteiger partial charge in [-0.3, -0.25) is 9.59 Å². The van der Waals surface area contributed by atoms with Crippen LogP contribution in [0.2, 0.25) is 0 Å². The van der Waals surface area contributed by atoms with Gasteiger partial charge in [0.2, 0.25) is 0 Å². The zero-order chi connectivity index (χ0) is 14.3. The van der Waals surface area contributed by atoms with E-state index in [2.05, 4.69) is 10.6 Å². The van der Waals surface area contributed by atoms with Crippen LogP contribution in [0, 0.1) is 0 Å². The summed E-state index contributed by atoms with van der Waals surface area (Å²) < 4.78 is 0. The topological polar surface area (TPSA) is 78.4 Å². The summed E-state index contributed by atoms with van der Waals surface area (Å²) in [7, 11) is 0. The van der Waals surface area contributed by atoms with Crippen LogP contribution in [0.3, 0.4) is 0 Å². The molecule has 0 unspecified atom stereocenters. The zero-order valence-corrected chi connectivity index (χ0v) is 11.2. The van der Waals surface area contributed by atoms with Gasteiger partial charge in [0, 0.05) is 0 Å². The summed E-state index contributed by atoms with van der Waals surface area (Å²) in [5, 5.41) is 14.1. The van der Waals surface area contributed by atoms with Crippen molar-refractivity contribution in [3.8, 4) is 0 Å². The fourth-order valence-electron chi connectivity index (χ4n) is 1.61. The second kappa shape index (κ2) is 7.53. The highest BCUT2D eigenvalue weighted by molar-refractivity contribution is 6.35. The molecular weight excluding hydrogens is 244 g/mol. The van der Waals surface area contributed by atoms with Gasteiger partial charge >= 0.3 is 11.8 Å². The lowest BCUT2D eigenvalue weighted by Gasteiger charge is -2.16. The third kappa shape index (κ3) is 4.71. The van der Waals surface area contributed by atoms with E-state index < -0.39 is 11.8 Å². The van der Waals surface area contributed by atoms with E-state index in [9.17, 15) is 9.59 Å². The number of rotatable bonds is 5. The van der Waals surface area contributed by atoms with E-state index in [1.165, 1.54) is 0 Å². The van der Waals surface area contributed by atoms with Crippen LogP contribution in [0.4, 0.5) is 0 Å². The van der Waals surface area contributed by atoms with E-state index in [1.807, 2.05) is 44.2 Å². The van der Waals surface area contributed by atoms with Gasteiger partial charge in [0.15, 0.2) is 0 Å². The minimum Gasteiger partial charge on any atom is -0.394 e. The molecule has 0 heterocycles. The fraction of sp³-hybridized carbons (Fsp3) is 0.429. The second-order valence-electron chi connectivity index (χ2n) is 4.37. The Balaban J connectivity index is 2.53. The summed E-state index contributed by atoms with van der Waals surface area (Å²) in [6.07, 6.45) is 0.573. The molecule has 0 spiro atoms. The molecule has 0 aliphatic carbocycles. The molecule has 1 aromatic carbocycles. The normalized spacial score (nSPS) is 13.4. The van der Waals surface area contributed by atoms with E-state index >= 15 is 0 Å². The molecule has 0 saturated carbocycles. The lowest BCUT2D eigenvalue weighted by molar-refractivity contribution is -0.140. The average Bonchev–Trinajstić information content (AvgIpc) is 2.45. The molecule has 0 aromatic heterocycles. The van der Waals surface area contributed by atoms with Crippen molar-refractivity contribution >= 4 is 11.8 Å². The first-order chi connectivity index (χ1) is 9.08. The molecule has 3 N–H and O–H groups in total. The van der Waals surface area contributed by atoms with Gasteiger partial charge in [0.1, 0.15) is 0 Å². The molecular formula is C14H20N2O3. The monoisotopic (exact) mass is 264 g/mol. The number of aliphatic hydroxyl groups is 1. The van der Waals surface area contributed by atoms with Crippen molar-refractivity contribution < 1.29 is 14.7 Å². The van der Waals surface area contributed by atoms with Gasteiger partial charge in [-0.2, -0.15) is 0 Å². The molecule has 0 aliphatic rings. The Hall–Kier alpha value is -1.88. The first-order valence-corrected chi connectivity index (χ1v) is 6.35. The van der Waals surface area contributed by atoms with Crippen LogP contribution in [0.25, 0.3) is 0 Å². The largest absolute Gasteiger partial charge is 0.394 e. The SMILES string of the molecule is CC[C@H](CO)NC(=O)C(=O)N[C@H](C)c1ccccc1. The number of benzene rings is 1. The average molecular weight is 264 g/mol. The maximum Gasteiger partial charge on any atom is 0.309 e. The van der Waals surface area contributed by atoms with Crippen LogP contribution in [0.5, 0.6) is 0 Å². The number of amides is 2. The lowest BCUT2D eigenvalue weighted by Crippen LogP contribution is -2.46.